The minimum atomic E-state index is -0.263. The summed E-state index contributed by atoms with van der Waals surface area (Å²) in [6.45, 7) is 5.09. The van der Waals surface area contributed by atoms with Crippen LogP contribution in [0, 0.1) is 13.8 Å². The summed E-state index contributed by atoms with van der Waals surface area (Å²) in [6, 6.07) is 9.03. The molecule has 1 aromatic heterocycles. The fraction of sp³-hybridized carbons (Fsp3) is 0.333. The van der Waals surface area contributed by atoms with Crippen LogP contribution in [0.25, 0.3) is 0 Å². The van der Waals surface area contributed by atoms with Crippen LogP contribution in [0.2, 0.25) is 0 Å². The number of rotatable bonds is 5. The van der Waals surface area contributed by atoms with Gasteiger partial charge in [-0.1, -0.05) is 12.1 Å². The number of carbonyl (C=O) groups excluding carboxylic acids is 1. The molecule has 0 fully saturated rings. The molecule has 1 heterocycles. The largest absolute Gasteiger partial charge is 0.495 e. The van der Waals surface area contributed by atoms with Crippen LogP contribution in [0.5, 0.6) is 5.75 Å². The molecule has 2 amide bonds. The summed E-state index contributed by atoms with van der Waals surface area (Å²) in [5, 5.41) is 9.91. The third-order valence-electron chi connectivity index (χ3n) is 3.07. The number of methoxy groups -OCH3 is 1. The van der Waals surface area contributed by atoms with Gasteiger partial charge in [-0.15, -0.1) is 0 Å². The Hall–Kier alpha value is -2.50. The molecule has 6 nitrogen and oxygen atoms in total. The Morgan fingerprint density at radius 3 is 2.76 bits per heavy atom. The average Bonchev–Trinajstić information content (AvgIpc) is 2.77. The van der Waals surface area contributed by atoms with Gasteiger partial charge in [-0.3, -0.25) is 4.68 Å². The van der Waals surface area contributed by atoms with Gasteiger partial charge in [0, 0.05) is 12.2 Å². The third kappa shape index (κ3) is 3.98. The highest BCUT2D eigenvalue weighted by Crippen LogP contribution is 2.22. The van der Waals surface area contributed by atoms with Gasteiger partial charge in [-0.2, -0.15) is 5.10 Å². The van der Waals surface area contributed by atoms with Crippen molar-refractivity contribution in [1.29, 1.82) is 0 Å². The molecule has 0 radical (unpaired) electrons. The molecular weight excluding hydrogens is 268 g/mol. The molecule has 0 atom stereocenters. The van der Waals surface area contributed by atoms with E-state index in [1.165, 1.54) is 0 Å². The van der Waals surface area contributed by atoms with Crippen molar-refractivity contribution in [2.24, 2.45) is 0 Å². The van der Waals surface area contributed by atoms with Crippen LogP contribution in [0.3, 0.4) is 0 Å². The van der Waals surface area contributed by atoms with Crippen molar-refractivity contribution in [3.05, 3.63) is 41.7 Å². The Labute approximate surface area is 124 Å². The van der Waals surface area contributed by atoms with Crippen molar-refractivity contribution < 1.29 is 9.53 Å². The van der Waals surface area contributed by atoms with E-state index >= 15 is 0 Å². The Balaban J connectivity index is 1.84. The molecule has 2 N–H and O–H groups in total. The van der Waals surface area contributed by atoms with Crippen molar-refractivity contribution >= 4 is 11.7 Å². The highest BCUT2D eigenvalue weighted by molar-refractivity contribution is 5.90. The highest BCUT2D eigenvalue weighted by Gasteiger charge is 2.06. The van der Waals surface area contributed by atoms with E-state index < -0.39 is 0 Å². The molecule has 0 aliphatic rings. The number of aromatic nitrogens is 2. The molecule has 0 unspecified atom stereocenters. The van der Waals surface area contributed by atoms with E-state index in [9.17, 15) is 4.79 Å². The van der Waals surface area contributed by atoms with Crippen LogP contribution >= 0.6 is 0 Å². The molecule has 0 aliphatic carbocycles. The molecular formula is C15H20N4O2. The summed E-state index contributed by atoms with van der Waals surface area (Å²) < 4.78 is 7.06. The van der Waals surface area contributed by atoms with Gasteiger partial charge >= 0.3 is 6.03 Å². The van der Waals surface area contributed by atoms with Crippen LogP contribution in [0.1, 0.15) is 11.4 Å². The first-order valence-corrected chi connectivity index (χ1v) is 6.79. The molecule has 0 aliphatic heterocycles. The first kappa shape index (κ1) is 14.9. The standard InChI is InChI=1S/C15H20N4O2/c1-11-10-12(2)19(18-11)9-8-16-15(20)17-13-6-4-5-7-14(13)21-3/h4-7,10H,8-9H2,1-3H3,(H2,16,17,20). The summed E-state index contributed by atoms with van der Waals surface area (Å²) in [6.07, 6.45) is 0. The van der Waals surface area contributed by atoms with Gasteiger partial charge in [0.05, 0.1) is 25.0 Å². The summed E-state index contributed by atoms with van der Waals surface area (Å²) in [7, 11) is 1.57. The van der Waals surface area contributed by atoms with Gasteiger partial charge < -0.3 is 15.4 Å². The zero-order valence-corrected chi connectivity index (χ0v) is 12.5. The number of aryl methyl sites for hydroxylation is 2. The molecule has 21 heavy (non-hydrogen) atoms. The molecule has 2 rings (SSSR count). The number of hydrogen-bond acceptors (Lipinski definition) is 3. The van der Waals surface area contributed by atoms with Crippen molar-refractivity contribution in [3.8, 4) is 5.75 Å². The van der Waals surface area contributed by atoms with Gasteiger partial charge in [0.1, 0.15) is 5.75 Å². The normalized spacial score (nSPS) is 10.2. The van der Waals surface area contributed by atoms with Crippen molar-refractivity contribution in [2.45, 2.75) is 20.4 Å². The zero-order chi connectivity index (χ0) is 15.2. The Morgan fingerprint density at radius 2 is 2.10 bits per heavy atom. The average molecular weight is 288 g/mol. The summed E-state index contributed by atoms with van der Waals surface area (Å²) >= 11 is 0. The van der Waals surface area contributed by atoms with E-state index in [0.29, 0.717) is 24.5 Å². The maximum absolute atomic E-state index is 11.9. The van der Waals surface area contributed by atoms with Crippen LogP contribution in [-0.4, -0.2) is 29.5 Å². The smallest absolute Gasteiger partial charge is 0.319 e. The summed E-state index contributed by atoms with van der Waals surface area (Å²) in [5.74, 6) is 0.631. The second-order valence-corrected chi connectivity index (χ2v) is 4.73. The van der Waals surface area contributed by atoms with Crippen LogP contribution in [0.4, 0.5) is 10.5 Å². The Kier molecular flexibility index (Phi) is 4.81. The van der Waals surface area contributed by atoms with E-state index in [-0.39, 0.29) is 6.03 Å². The Morgan fingerprint density at radius 1 is 1.33 bits per heavy atom. The van der Waals surface area contributed by atoms with E-state index in [1.54, 1.807) is 19.2 Å². The number of nitrogens with one attached hydrogen (secondary N) is 2. The zero-order valence-electron chi connectivity index (χ0n) is 12.5. The number of hydrogen-bond donors (Lipinski definition) is 2. The molecule has 1 aromatic carbocycles. The predicted octanol–water partition coefficient (Wildman–Crippen LogP) is 2.33. The van der Waals surface area contributed by atoms with Crippen LogP contribution < -0.4 is 15.4 Å². The van der Waals surface area contributed by atoms with Gasteiger partial charge in [0.2, 0.25) is 0 Å². The first-order chi connectivity index (χ1) is 10.1. The number of benzene rings is 1. The fourth-order valence-corrected chi connectivity index (χ4v) is 2.09. The second kappa shape index (κ2) is 6.78. The monoisotopic (exact) mass is 288 g/mol. The van der Waals surface area contributed by atoms with E-state index in [0.717, 1.165) is 11.4 Å². The lowest BCUT2D eigenvalue weighted by molar-refractivity contribution is 0.251. The van der Waals surface area contributed by atoms with Crippen LogP contribution in [-0.2, 0) is 6.54 Å². The molecule has 2 aromatic rings. The van der Waals surface area contributed by atoms with Gasteiger partial charge in [0.15, 0.2) is 0 Å². The van der Waals surface area contributed by atoms with Crippen molar-refractivity contribution in [1.82, 2.24) is 15.1 Å². The van der Waals surface area contributed by atoms with E-state index in [4.69, 9.17) is 4.74 Å². The molecule has 112 valence electrons. The van der Waals surface area contributed by atoms with E-state index in [1.807, 2.05) is 36.7 Å². The third-order valence-corrected chi connectivity index (χ3v) is 3.07. The molecule has 0 bridgehead atoms. The number of urea groups is 1. The first-order valence-electron chi connectivity index (χ1n) is 6.79. The lowest BCUT2D eigenvalue weighted by Gasteiger charge is -2.11. The number of carbonyl (C=O) groups is 1. The predicted molar refractivity (Wildman–Crippen MR) is 81.7 cm³/mol. The maximum Gasteiger partial charge on any atom is 0.319 e. The van der Waals surface area contributed by atoms with Crippen LogP contribution in [0.15, 0.2) is 30.3 Å². The molecule has 0 spiro atoms. The van der Waals surface area contributed by atoms with Crippen molar-refractivity contribution in [3.63, 3.8) is 0 Å². The number of anilines is 1. The molecule has 6 heteroatoms. The number of ether oxygens (including phenoxy) is 1. The number of para-hydroxylation sites is 2. The van der Waals surface area contributed by atoms with Gasteiger partial charge in [0.25, 0.3) is 0 Å². The lowest BCUT2D eigenvalue weighted by atomic mass is 10.3. The molecule has 0 saturated carbocycles. The van der Waals surface area contributed by atoms with Crippen molar-refractivity contribution in [2.75, 3.05) is 19.0 Å². The number of nitrogens with zero attached hydrogens (tertiary/aromatic N) is 2. The fourth-order valence-electron chi connectivity index (χ4n) is 2.09. The summed E-state index contributed by atoms with van der Waals surface area (Å²) in [4.78, 5) is 11.9. The quantitative estimate of drug-likeness (QED) is 0.887. The lowest BCUT2D eigenvalue weighted by Crippen LogP contribution is -2.32. The number of amides is 2. The maximum atomic E-state index is 11.9. The SMILES string of the molecule is COc1ccccc1NC(=O)NCCn1nc(C)cc1C. The van der Waals surface area contributed by atoms with Gasteiger partial charge in [-0.05, 0) is 32.0 Å². The minimum Gasteiger partial charge on any atom is -0.495 e. The summed E-state index contributed by atoms with van der Waals surface area (Å²) in [5.41, 5.74) is 2.70. The second-order valence-electron chi connectivity index (χ2n) is 4.73. The Bertz CT molecular complexity index is 622. The topological polar surface area (TPSA) is 68.2 Å². The molecule has 0 saturated heterocycles. The van der Waals surface area contributed by atoms with Gasteiger partial charge in [-0.25, -0.2) is 4.79 Å². The minimum absolute atomic E-state index is 0.263. The highest BCUT2D eigenvalue weighted by atomic mass is 16.5. The van der Waals surface area contributed by atoms with E-state index in [2.05, 4.69) is 15.7 Å².